The van der Waals surface area contributed by atoms with Gasteiger partial charge in [-0.15, -0.1) is 11.3 Å². The minimum absolute atomic E-state index is 0.340. The molecule has 0 saturated heterocycles. The van der Waals surface area contributed by atoms with Gasteiger partial charge in [-0.3, -0.25) is 4.79 Å². The summed E-state index contributed by atoms with van der Waals surface area (Å²) in [6, 6.07) is 2.19. The standard InChI is InChI=1S/C17H26OS/c1-17(2,3)11-7-9-14(18)16-12-13-8-5-4-6-10-15(13)19-16/h12H,4-11H2,1-3H3. The van der Waals surface area contributed by atoms with Crippen molar-refractivity contribution in [1.82, 2.24) is 0 Å². The van der Waals surface area contributed by atoms with Crippen LogP contribution < -0.4 is 0 Å². The molecule has 1 nitrogen and oxygen atoms in total. The Morgan fingerprint density at radius 1 is 1.21 bits per heavy atom. The first kappa shape index (κ1) is 14.8. The number of carbonyl (C=O) groups is 1. The number of thiophene rings is 1. The predicted molar refractivity (Wildman–Crippen MR) is 83.2 cm³/mol. The average Bonchev–Trinajstić information content (AvgIpc) is 2.59. The van der Waals surface area contributed by atoms with Gasteiger partial charge in [-0.05, 0) is 55.6 Å². The molecule has 2 rings (SSSR count). The number of carbonyl (C=O) groups excluding carboxylic acids is 1. The molecule has 0 N–H and O–H groups in total. The molecule has 1 aromatic rings. The van der Waals surface area contributed by atoms with Crippen LogP contribution >= 0.6 is 11.3 Å². The number of ketones is 1. The summed E-state index contributed by atoms with van der Waals surface area (Å²) in [6.45, 7) is 6.72. The van der Waals surface area contributed by atoms with Crippen molar-refractivity contribution in [2.24, 2.45) is 5.41 Å². The zero-order chi connectivity index (χ0) is 13.9. The number of fused-ring (bicyclic) bond motifs is 1. The lowest BCUT2D eigenvalue weighted by atomic mass is 9.89. The van der Waals surface area contributed by atoms with Crippen LogP contribution in [-0.4, -0.2) is 5.78 Å². The zero-order valence-electron chi connectivity index (χ0n) is 12.6. The summed E-state index contributed by atoms with van der Waals surface area (Å²) < 4.78 is 0. The number of aryl methyl sites for hydroxylation is 2. The molecule has 0 atom stereocenters. The van der Waals surface area contributed by atoms with Crippen molar-refractivity contribution in [3.05, 3.63) is 21.4 Å². The fourth-order valence-electron chi connectivity index (χ4n) is 2.71. The minimum Gasteiger partial charge on any atom is -0.293 e. The van der Waals surface area contributed by atoms with Crippen molar-refractivity contribution in [1.29, 1.82) is 0 Å². The van der Waals surface area contributed by atoms with Gasteiger partial charge in [-0.2, -0.15) is 0 Å². The van der Waals surface area contributed by atoms with E-state index in [-0.39, 0.29) is 0 Å². The van der Waals surface area contributed by atoms with Crippen molar-refractivity contribution in [2.75, 3.05) is 0 Å². The molecule has 0 amide bonds. The van der Waals surface area contributed by atoms with Crippen molar-refractivity contribution in [2.45, 2.75) is 72.1 Å². The second kappa shape index (κ2) is 6.21. The molecule has 1 heterocycles. The molecule has 0 bridgehead atoms. The third-order valence-electron chi connectivity index (χ3n) is 3.85. The molecule has 1 aromatic heterocycles. The van der Waals surface area contributed by atoms with Gasteiger partial charge in [0.2, 0.25) is 0 Å². The highest BCUT2D eigenvalue weighted by Crippen LogP contribution is 2.30. The van der Waals surface area contributed by atoms with Crippen LogP contribution in [0, 0.1) is 5.41 Å². The van der Waals surface area contributed by atoms with Gasteiger partial charge in [0.25, 0.3) is 0 Å². The molecule has 0 radical (unpaired) electrons. The molecule has 0 saturated carbocycles. The molecular weight excluding hydrogens is 252 g/mol. The van der Waals surface area contributed by atoms with E-state index in [2.05, 4.69) is 26.8 Å². The Bertz CT molecular complexity index is 413. The normalized spacial score (nSPS) is 15.9. The zero-order valence-corrected chi connectivity index (χ0v) is 13.4. The number of hydrogen-bond donors (Lipinski definition) is 0. The molecule has 1 aliphatic rings. The highest BCUT2D eigenvalue weighted by molar-refractivity contribution is 7.14. The smallest absolute Gasteiger partial charge is 0.172 e. The minimum atomic E-state index is 0.340. The molecule has 0 spiro atoms. The second-order valence-corrected chi connectivity index (χ2v) is 8.09. The van der Waals surface area contributed by atoms with E-state index in [9.17, 15) is 4.79 Å². The maximum atomic E-state index is 12.2. The van der Waals surface area contributed by atoms with Crippen molar-refractivity contribution in [3.63, 3.8) is 0 Å². The lowest BCUT2D eigenvalue weighted by Gasteiger charge is -2.16. The Labute approximate surface area is 121 Å². The van der Waals surface area contributed by atoms with Crippen molar-refractivity contribution < 1.29 is 4.79 Å². The molecule has 0 unspecified atom stereocenters. The predicted octanol–water partition coefficient (Wildman–Crippen LogP) is 5.42. The summed E-state index contributed by atoms with van der Waals surface area (Å²) in [5, 5.41) is 0. The lowest BCUT2D eigenvalue weighted by molar-refractivity contribution is 0.0980. The third kappa shape index (κ3) is 4.45. The largest absolute Gasteiger partial charge is 0.293 e. The van der Waals surface area contributed by atoms with E-state index in [1.54, 1.807) is 11.3 Å². The number of hydrogen-bond acceptors (Lipinski definition) is 2. The van der Waals surface area contributed by atoms with Gasteiger partial charge in [0.15, 0.2) is 5.78 Å². The quantitative estimate of drug-likeness (QED) is 0.531. The molecule has 106 valence electrons. The van der Waals surface area contributed by atoms with Crippen molar-refractivity contribution >= 4 is 17.1 Å². The Morgan fingerprint density at radius 3 is 2.68 bits per heavy atom. The summed E-state index contributed by atoms with van der Waals surface area (Å²) in [7, 11) is 0. The van der Waals surface area contributed by atoms with Gasteiger partial charge in [0, 0.05) is 11.3 Å². The van der Waals surface area contributed by atoms with E-state index >= 15 is 0 Å². The summed E-state index contributed by atoms with van der Waals surface area (Å²) in [4.78, 5) is 14.7. The van der Waals surface area contributed by atoms with Gasteiger partial charge in [-0.25, -0.2) is 0 Å². The summed E-state index contributed by atoms with van der Waals surface area (Å²) >= 11 is 1.77. The summed E-state index contributed by atoms with van der Waals surface area (Å²) in [6.07, 6.45) is 9.17. The molecule has 0 aliphatic heterocycles. The first-order valence-corrected chi connectivity index (χ1v) is 8.42. The van der Waals surface area contributed by atoms with E-state index in [4.69, 9.17) is 0 Å². The Balaban J connectivity index is 1.93. The Kier molecular flexibility index (Phi) is 4.83. The Hall–Kier alpha value is -0.630. The molecule has 19 heavy (non-hydrogen) atoms. The van der Waals surface area contributed by atoms with Crippen LogP contribution in [0.3, 0.4) is 0 Å². The Morgan fingerprint density at radius 2 is 1.95 bits per heavy atom. The molecule has 2 heteroatoms. The van der Waals surface area contributed by atoms with Gasteiger partial charge in [-0.1, -0.05) is 27.2 Å². The monoisotopic (exact) mass is 278 g/mol. The molecular formula is C17H26OS. The van der Waals surface area contributed by atoms with Crippen LogP contribution in [0.1, 0.15) is 79.4 Å². The molecule has 1 aliphatic carbocycles. The topological polar surface area (TPSA) is 17.1 Å². The fraction of sp³-hybridized carbons (Fsp3) is 0.706. The van der Waals surface area contributed by atoms with Crippen LogP contribution in [0.5, 0.6) is 0 Å². The third-order valence-corrected chi connectivity index (χ3v) is 5.13. The van der Waals surface area contributed by atoms with Crippen LogP contribution in [0.25, 0.3) is 0 Å². The van der Waals surface area contributed by atoms with Crippen molar-refractivity contribution in [3.8, 4) is 0 Å². The molecule has 0 aromatic carbocycles. The van der Waals surface area contributed by atoms with E-state index < -0.39 is 0 Å². The van der Waals surface area contributed by atoms with Crippen LogP contribution in [0.15, 0.2) is 6.07 Å². The maximum Gasteiger partial charge on any atom is 0.172 e. The summed E-state index contributed by atoms with van der Waals surface area (Å²) in [5.41, 5.74) is 1.80. The first-order chi connectivity index (χ1) is 8.96. The van der Waals surface area contributed by atoms with E-state index in [0.29, 0.717) is 11.2 Å². The average molecular weight is 278 g/mol. The van der Waals surface area contributed by atoms with Gasteiger partial charge in [0.05, 0.1) is 4.88 Å². The number of rotatable bonds is 4. The lowest BCUT2D eigenvalue weighted by Crippen LogP contribution is -2.06. The SMILES string of the molecule is CC(C)(C)CCCC(=O)c1cc2c(s1)CCCCC2. The highest BCUT2D eigenvalue weighted by atomic mass is 32.1. The summed E-state index contributed by atoms with van der Waals surface area (Å²) in [5.74, 6) is 0.363. The van der Waals surface area contributed by atoms with E-state index in [1.807, 2.05) is 0 Å². The van der Waals surface area contributed by atoms with Gasteiger partial charge >= 0.3 is 0 Å². The van der Waals surface area contributed by atoms with Crippen LogP contribution in [0.4, 0.5) is 0 Å². The van der Waals surface area contributed by atoms with E-state index in [1.165, 1.54) is 42.5 Å². The highest BCUT2D eigenvalue weighted by Gasteiger charge is 2.17. The molecule has 0 fully saturated rings. The van der Waals surface area contributed by atoms with Crippen LogP contribution in [0.2, 0.25) is 0 Å². The van der Waals surface area contributed by atoms with Gasteiger partial charge < -0.3 is 0 Å². The van der Waals surface area contributed by atoms with E-state index in [0.717, 1.165) is 24.1 Å². The number of Topliss-reactive ketones (excluding diaryl/α,β-unsaturated/α-hetero) is 1. The first-order valence-electron chi connectivity index (χ1n) is 7.60. The second-order valence-electron chi connectivity index (χ2n) is 6.96. The van der Waals surface area contributed by atoms with Gasteiger partial charge in [0.1, 0.15) is 0 Å². The maximum absolute atomic E-state index is 12.2. The fourth-order valence-corrected chi connectivity index (χ4v) is 3.93. The van der Waals surface area contributed by atoms with Crippen LogP contribution in [-0.2, 0) is 12.8 Å².